The summed E-state index contributed by atoms with van der Waals surface area (Å²) in [6, 6.07) is 10.4. The molecule has 0 amide bonds. The van der Waals surface area contributed by atoms with Crippen molar-refractivity contribution in [3.05, 3.63) is 35.9 Å². The fourth-order valence-electron chi connectivity index (χ4n) is 1.27. The van der Waals surface area contributed by atoms with Crippen molar-refractivity contribution in [2.45, 2.75) is 53.9 Å². The lowest BCUT2D eigenvalue weighted by atomic mass is 9.84. The second-order valence-electron chi connectivity index (χ2n) is 5.49. The summed E-state index contributed by atoms with van der Waals surface area (Å²) in [5.41, 5.74) is 1.29. The summed E-state index contributed by atoms with van der Waals surface area (Å²) in [6.07, 6.45) is 0. The monoisotopic (exact) mass is 230 g/mol. The van der Waals surface area contributed by atoms with Crippen molar-refractivity contribution >= 4 is 0 Å². The zero-order chi connectivity index (χ0) is 13.5. The Morgan fingerprint density at radius 2 is 1.24 bits per heavy atom. The molecule has 0 heteroatoms. The van der Waals surface area contributed by atoms with E-state index in [0.29, 0.717) is 0 Å². The van der Waals surface area contributed by atoms with E-state index in [9.17, 15) is 0 Å². The Labute approximate surface area is 107 Å². The third-order valence-electron chi connectivity index (χ3n) is 2.25. The second-order valence-corrected chi connectivity index (χ2v) is 5.49. The molecule has 0 aliphatic rings. The largest absolute Gasteiger partial charge is 0.0965 e. The molecule has 0 bridgehead atoms. The highest BCUT2D eigenvalue weighted by molar-refractivity contribution is 5.33. The van der Waals surface area contributed by atoms with E-state index in [2.05, 4.69) is 70.7 Å². The van der Waals surface area contributed by atoms with E-state index in [4.69, 9.17) is 0 Å². The molecule has 0 spiro atoms. The van der Waals surface area contributed by atoms with Crippen LogP contribution < -0.4 is 0 Å². The van der Waals surface area contributed by atoms with Crippen molar-refractivity contribution in [3.63, 3.8) is 0 Å². The molecular formula is C17H26. The van der Waals surface area contributed by atoms with Gasteiger partial charge in [-0.2, -0.15) is 0 Å². The molecule has 0 aromatic heterocycles. The maximum atomic E-state index is 3.37. The van der Waals surface area contributed by atoms with E-state index in [0.717, 1.165) is 0 Å². The van der Waals surface area contributed by atoms with Crippen LogP contribution in [-0.4, -0.2) is 0 Å². The van der Waals surface area contributed by atoms with Gasteiger partial charge in [-0.05, 0) is 40.2 Å². The maximum Gasteiger partial charge on any atom is 0.0506 e. The van der Waals surface area contributed by atoms with Crippen LogP contribution in [-0.2, 0) is 5.41 Å². The zero-order valence-corrected chi connectivity index (χ0v) is 12.4. The molecule has 94 valence electrons. The Morgan fingerprint density at radius 3 is 1.65 bits per heavy atom. The topological polar surface area (TPSA) is 0 Å². The summed E-state index contributed by atoms with van der Waals surface area (Å²) in [4.78, 5) is 0. The molecule has 0 aliphatic heterocycles. The average Bonchev–Trinajstić information content (AvgIpc) is 2.30. The van der Waals surface area contributed by atoms with Crippen LogP contribution in [0.3, 0.4) is 0 Å². The summed E-state index contributed by atoms with van der Waals surface area (Å²) in [6.45, 7) is 14.8. The quantitative estimate of drug-likeness (QED) is 0.593. The summed E-state index contributed by atoms with van der Waals surface area (Å²) >= 11 is 0. The van der Waals surface area contributed by atoms with E-state index in [1.807, 2.05) is 19.9 Å². The van der Waals surface area contributed by atoms with Gasteiger partial charge >= 0.3 is 0 Å². The predicted octanol–water partition coefficient (Wildman–Crippen LogP) is 5.04. The molecule has 0 nitrogen and oxygen atoms in total. The molecule has 0 unspecified atom stereocenters. The smallest absolute Gasteiger partial charge is 0.0506 e. The normalized spacial score (nSPS) is 10.8. The molecule has 17 heavy (non-hydrogen) atoms. The number of rotatable bonds is 1. The third-order valence-corrected chi connectivity index (χ3v) is 2.25. The van der Waals surface area contributed by atoms with Crippen LogP contribution in [0.2, 0.25) is 0 Å². The fourth-order valence-corrected chi connectivity index (χ4v) is 1.27. The molecule has 0 saturated heterocycles. The van der Waals surface area contributed by atoms with Gasteiger partial charge in [-0.25, -0.2) is 0 Å². The van der Waals surface area contributed by atoms with Gasteiger partial charge < -0.3 is 0 Å². The molecule has 0 saturated carbocycles. The summed E-state index contributed by atoms with van der Waals surface area (Å²) in [5.74, 6) is 6.68. The minimum Gasteiger partial charge on any atom is -0.0965 e. The van der Waals surface area contributed by atoms with Crippen molar-refractivity contribution in [3.8, 4) is 11.8 Å². The van der Waals surface area contributed by atoms with Gasteiger partial charge in [0, 0.05) is 5.41 Å². The van der Waals surface area contributed by atoms with Gasteiger partial charge in [-0.3, -0.25) is 0 Å². The first-order valence-electron chi connectivity index (χ1n) is 6.41. The number of hydrogen-bond donors (Lipinski definition) is 0. The van der Waals surface area contributed by atoms with Crippen LogP contribution in [0.4, 0.5) is 0 Å². The third kappa shape index (κ3) is 6.17. The van der Waals surface area contributed by atoms with E-state index >= 15 is 0 Å². The SMILES string of the molecule is CC.CC(C)(C)C#CC(C)(C)c1ccccc1. The first kappa shape index (κ1) is 15.8. The number of hydrogen-bond acceptors (Lipinski definition) is 0. The van der Waals surface area contributed by atoms with Crippen LogP contribution in [0.1, 0.15) is 54.0 Å². The highest BCUT2D eigenvalue weighted by atomic mass is 14.2. The van der Waals surface area contributed by atoms with E-state index in [1.165, 1.54) is 5.56 Å². The minimum atomic E-state index is -0.0610. The molecule has 1 aromatic rings. The first-order valence-corrected chi connectivity index (χ1v) is 6.41. The van der Waals surface area contributed by atoms with Gasteiger partial charge in [0.15, 0.2) is 0 Å². The highest BCUT2D eigenvalue weighted by Crippen LogP contribution is 2.22. The standard InChI is InChI=1S/C15H20.C2H6/c1-14(2,3)11-12-15(4,5)13-9-7-6-8-10-13;1-2/h6-10H,1-5H3;1-2H3. The lowest BCUT2D eigenvalue weighted by Crippen LogP contribution is -2.15. The van der Waals surface area contributed by atoms with Gasteiger partial charge in [0.05, 0.1) is 5.41 Å². The van der Waals surface area contributed by atoms with Crippen LogP contribution in [0, 0.1) is 17.3 Å². The highest BCUT2D eigenvalue weighted by Gasteiger charge is 2.17. The van der Waals surface area contributed by atoms with Crippen molar-refractivity contribution in [1.29, 1.82) is 0 Å². The average molecular weight is 230 g/mol. The second kappa shape index (κ2) is 6.50. The molecule has 0 fully saturated rings. The molecule has 1 aromatic carbocycles. The maximum absolute atomic E-state index is 3.37. The lowest BCUT2D eigenvalue weighted by molar-refractivity contribution is 0.565. The Bertz CT molecular complexity index is 366. The molecule has 1 rings (SSSR count). The summed E-state index contributed by atoms with van der Waals surface area (Å²) in [5, 5.41) is 0. The van der Waals surface area contributed by atoms with E-state index in [1.54, 1.807) is 0 Å². The number of benzene rings is 1. The molecule has 0 heterocycles. The van der Waals surface area contributed by atoms with Crippen LogP contribution in [0.5, 0.6) is 0 Å². The first-order chi connectivity index (χ1) is 7.81. The van der Waals surface area contributed by atoms with Crippen molar-refractivity contribution in [1.82, 2.24) is 0 Å². The zero-order valence-electron chi connectivity index (χ0n) is 12.4. The lowest BCUT2D eigenvalue weighted by Gasteiger charge is -2.19. The Kier molecular flexibility index (Phi) is 6.03. The predicted molar refractivity (Wildman–Crippen MR) is 78.0 cm³/mol. The Balaban J connectivity index is 0.00000121. The minimum absolute atomic E-state index is 0.0610. The van der Waals surface area contributed by atoms with Crippen LogP contribution in [0.15, 0.2) is 30.3 Å². The van der Waals surface area contributed by atoms with Crippen LogP contribution in [0.25, 0.3) is 0 Å². The Hall–Kier alpha value is -1.22. The summed E-state index contributed by atoms with van der Waals surface area (Å²) in [7, 11) is 0. The fraction of sp³-hybridized carbons (Fsp3) is 0.529. The molecule has 0 N–H and O–H groups in total. The van der Waals surface area contributed by atoms with Gasteiger partial charge in [-0.1, -0.05) is 56.0 Å². The van der Waals surface area contributed by atoms with Crippen molar-refractivity contribution < 1.29 is 0 Å². The molecule has 0 radical (unpaired) electrons. The van der Waals surface area contributed by atoms with Gasteiger partial charge in [-0.15, -0.1) is 0 Å². The van der Waals surface area contributed by atoms with Gasteiger partial charge in [0.2, 0.25) is 0 Å². The van der Waals surface area contributed by atoms with Gasteiger partial charge in [0.25, 0.3) is 0 Å². The van der Waals surface area contributed by atoms with Crippen molar-refractivity contribution in [2.24, 2.45) is 5.41 Å². The van der Waals surface area contributed by atoms with Gasteiger partial charge in [0.1, 0.15) is 0 Å². The Morgan fingerprint density at radius 1 is 0.765 bits per heavy atom. The molecule has 0 atom stereocenters. The molecule has 0 aliphatic carbocycles. The summed E-state index contributed by atoms with van der Waals surface area (Å²) < 4.78 is 0. The van der Waals surface area contributed by atoms with E-state index < -0.39 is 0 Å². The van der Waals surface area contributed by atoms with Crippen LogP contribution >= 0.6 is 0 Å². The molecular weight excluding hydrogens is 204 g/mol. The van der Waals surface area contributed by atoms with E-state index in [-0.39, 0.29) is 10.8 Å². The van der Waals surface area contributed by atoms with Crippen molar-refractivity contribution in [2.75, 3.05) is 0 Å².